The monoisotopic (exact) mass is 282 g/mol. The van der Waals surface area contributed by atoms with Crippen molar-refractivity contribution in [2.45, 2.75) is 27.2 Å². The molecule has 0 saturated heterocycles. The third kappa shape index (κ3) is 6.73. The van der Waals surface area contributed by atoms with E-state index in [2.05, 4.69) is 25.7 Å². The first-order valence-electron chi connectivity index (χ1n) is 6.59. The van der Waals surface area contributed by atoms with Crippen LogP contribution in [0.1, 0.15) is 40.4 Å². The number of nitrogens with one attached hydrogen (secondary N) is 1. The molecule has 0 aliphatic heterocycles. The maximum atomic E-state index is 12.8. The van der Waals surface area contributed by atoms with E-state index in [0.29, 0.717) is 16.8 Å². The molecule has 1 aromatic carbocycles. The summed E-state index contributed by atoms with van der Waals surface area (Å²) in [6, 6.07) is 6.59. The summed E-state index contributed by atoms with van der Waals surface area (Å²) < 4.78 is 12.8. The zero-order valence-corrected chi connectivity index (χ0v) is 12.4. The number of halogens is 1. The molecule has 1 rings (SSSR count). The number of nitrogen functional groups attached to an aromatic ring is 1. The molecule has 0 fully saturated rings. The standard InChI is InChI=1S/C13H15FN2O.C3H8.2H2/c1-3-10(9(2)14)8-16-13(17)11-5-4-6-12(15)7-11;1-3-2;;/h3-7H,2,8,15H2,1H3,(H,16,17);3H2,1-2H3;2*1H/b10-3-;;;. The highest BCUT2D eigenvalue weighted by Gasteiger charge is 2.07. The molecule has 0 atom stereocenters. The van der Waals surface area contributed by atoms with Crippen molar-refractivity contribution in [2.24, 2.45) is 0 Å². The Balaban J connectivity index is -0.000000666. The molecule has 1 aromatic rings. The Morgan fingerprint density at radius 2 is 2.10 bits per heavy atom. The third-order valence-electron chi connectivity index (χ3n) is 2.29. The Hall–Kier alpha value is -2.10. The molecule has 20 heavy (non-hydrogen) atoms. The van der Waals surface area contributed by atoms with Crippen LogP contribution >= 0.6 is 0 Å². The van der Waals surface area contributed by atoms with Gasteiger partial charge in [0.05, 0.1) is 0 Å². The average Bonchev–Trinajstić information content (AvgIpc) is 2.39. The Kier molecular flexibility index (Phi) is 8.75. The van der Waals surface area contributed by atoms with Crippen LogP contribution in [0.5, 0.6) is 0 Å². The molecule has 0 aromatic heterocycles. The molecule has 4 heteroatoms. The third-order valence-corrected chi connectivity index (χ3v) is 2.29. The van der Waals surface area contributed by atoms with Crippen molar-refractivity contribution in [1.29, 1.82) is 0 Å². The van der Waals surface area contributed by atoms with E-state index in [1.165, 1.54) is 6.42 Å². The molecule has 114 valence electrons. The lowest BCUT2D eigenvalue weighted by atomic mass is 10.2. The number of hydrogen-bond acceptors (Lipinski definition) is 2. The predicted molar refractivity (Wildman–Crippen MR) is 87.4 cm³/mol. The fourth-order valence-corrected chi connectivity index (χ4v) is 1.31. The van der Waals surface area contributed by atoms with Gasteiger partial charge in [-0.3, -0.25) is 4.79 Å². The van der Waals surface area contributed by atoms with Gasteiger partial charge in [-0.25, -0.2) is 4.39 Å². The van der Waals surface area contributed by atoms with E-state index in [0.717, 1.165) is 0 Å². The summed E-state index contributed by atoms with van der Waals surface area (Å²) in [6.45, 7) is 9.23. The van der Waals surface area contributed by atoms with Crippen LogP contribution in [0.2, 0.25) is 0 Å². The Morgan fingerprint density at radius 1 is 1.50 bits per heavy atom. The predicted octanol–water partition coefficient (Wildman–Crippen LogP) is 4.34. The van der Waals surface area contributed by atoms with Gasteiger partial charge in [0.2, 0.25) is 0 Å². The summed E-state index contributed by atoms with van der Waals surface area (Å²) in [4.78, 5) is 11.7. The van der Waals surface area contributed by atoms with Gasteiger partial charge in [-0.05, 0) is 25.1 Å². The number of rotatable bonds is 4. The lowest BCUT2D eigenvalue weighted by molar-refractivity contribution is 0.0957. The minimum atomic E-state index is -0.541. The number of anilines is 1. The van der Waals surface area contributed by atoms with E-state index in [1.54, 1.807) is 37.3 Å². The first-order valence-corrected chi connectivity index (χ1v) is 6.59. The molecule has 0 heterocycles. The highest BCUT2D eigenvalue weighted by molar-refractivity contribution is 5.95. The second-order valence-electron chi connectivity index (χ2n) is 4.23. The van der Waals surface area contributed by atoms with Gasteiger partial charge in [0.1, 0.15) is 5.83 Å². The van der Waals surface area contributed by atoms with Crippen LogP contribution in [0, 0.1) is 0 Å². The van der Waals surface area contributed by atoms with Crippen LogP contribution in [0.3, 0.4) is 0 Å². The van der Waals surface area contributed by atoms with Crippen LogP contribution in [0.4, 0.5) is 10.1 Å². The molecular weight excluding hydrogens is 255 g/mol. The number of benzene rings is 1. The molecule has 0 bridgehead atoms. The van der Waals surface area contributed by atoms with Crippen molar-refractivity contribution in [3.05, 3.63) is 53.9 Å². The zero-order chi connectivity index (χ0) is 15.5. The second-order valence-corrected chi connectivity index (χ2v) is 4.23. The van der Waals surface area contributed by atoms with Crippen molar-refractivity contribution in [1.82, 2.24) is 5.32 Å². The molecule has 0 saturated carbocycles. The maximum absolute atomic E-state index is 12.8. The SMILES string of the molecule is C=C(F)/C(=C\C)CNC(=O)c1cccc(N)c1.CCC.[HH].[HH]. The minimum absolute atomic E-state index is 0. The molecule has 0 aliphatic carbocycles. The van der Waals surface area contributed by atoms with E-state index in [4.69, 9.17) is 5.73 Å². The van der Waals surface area contributed by atoms with Crippen molar-refractivity contribution in [3.8, 4) is 0 Å². The lowest BCUT2D eigenvalue weighted by Crippen LogP contribution is -2.25. The summed E-state index contributed by atoms with van der Waals surface area (Å²) in [5, 5.41) is 2.59. The largest absolute Gasteiger partial charge is 0.399 e. The summed E-state index contributed by atoms with van der Waals surface area (Å²) in [5.41, 5.74) is 6.89. The van der Waals surface area contributed by atoms with E-state index in [1.807, 2.05) is 0 Å². The van der Waals surface area contributed by atoms with Gasteiger partial charge in [0.15, 0.2) is 0 Å². The lowest BCUT2D eigenvalue weighted by Gasteiger charge is -2.07. The van der Waals surface area contributed by atoms with Gasteiger partial charge in [-0.15, -0.1) is 0 Å². The number of hydrogen-bond donors (Lipinski definition) is 2. The van der Waals surface area contributed by atoms with Crippen LogP contribution in [-0.4, -0.2) is 12.5 Å². The number of nitrogens with two attached hydrogens (primary N) is 1. The zero-order valence-electron chi connectivity index (χ0n) is 12.4. The first-order chi connectivity index (χ1) is 9.46. The molecule has 3 nitrogen and oxygen atoms in total. The smallest absolute Gasteiger partial charge is 0.251 e. The van der Waals surface area contributed by atoms with Crippen LogP contribution in [0.25, 0.3) is 0 Å². The molecule has 0 unspecified atom stereocenters. The highest BCUT2D eigenvalue weighted by atomic mass is 19.1. The van der Waals surface area contributed by atoms with E-state index < -0.39 is 5.83 Å². The van der Waals surface area contributed by atoms with Crippen molar-refractivity contribution < 1.29 is 12.0 Å². The van der Waals surface area contributed by atoms with Crippen molar-refractivity contribution >= 4 is 11.6 Å². The van der Waals surface area contributed by atoms with Gasteiger partial charge >= 0.3 is 0 Å². The minimum Gasteiger partial charge on any atom is -0.399 e. The van der Waals surface area contributed by atoms with Gasteiger partial charge in [0.25, 0.3) is 5.91 Å². The Morgan fingerprint density at radius 3 is 2.55 bits per heavy atom. The number of carbonyl (C=O) groups excluding carboxylic acids is 1. The molecule has 0 radical (unpaired) electrons. The quantitative estimate of drug-likeness (QED) is 0.637. The number of carbonyl (C=O) groups is 1. The molecule has 0 aliphatic rings. The molecule has 1 amide bonds. The normalized spacial score (nSPS) is 10.3. The van der Waals surface area contributed by atoms with Crippen molar-refractivity contribution in [3.63, 3.8) is 0 Å². The summed E-state index contributed by atoms with van der Waals surface area (Å²) >= 11 is 0. The van der Waals surface area contributed by atoms with Gasteiger partial charge in [0, 0.05) is 26.2 Å². The molecule has 3 N–H and O–H groups in total. The van der Waals surface area contributed by atoms with Crippen LogP contribution in [0.15, 0.2) is 48.3 Å². The second kappa shape index (κ2) is 9.78. The Labute approximate surface area is 123 Å². The van der Waals surface area contributed by atoms with Crippen LogP contribution < -0.4 is 11.1 Å². The topological polar surface area (TPSA) is 55.1 Å². The summed E-state index contributed by atoms with van der Waals surface area (Å²) in [5.74, 6) is -0.835. The van der Waals surface area contributed by atoms with E-state index >= 15 is 0 Å². The fourth-order valence-electron chi connectivity index (χ4n) is 1.31. The summed E-state index contributed by atoms with van der Waals surface area (Å²) in [7, 11) is 0. The van der Waals surface area contributed by atoms with Crippen LogP contribution in [-0.2, 0) is 0 Å². The van der Waals surface area contributed by atoms with E-state index in [9.17, 15) is 9.18 Å². The number of amides is 1. The van der Waals surface area contributed by atoms with E-state index in [-0.39, 0.29) is 15.3 Å². The maximum Gasteiger partial charge on any atom is 0.251 e. The van der Waals surface area contributed by atoms with Gasteiger partial charge in [-0.1, -0.05) is 39.0 Å². The first kappa shape index (κ1) is 17.9. The van der Waals surface area contributed by atoms with Gasteiger partial charge < -0.3 is 11.1 Å². The molecule has 0 spiro atoms. The molecular formula is C16H27FN2O. The Bertz CT molecular complexity index is 491. The highest BCUT2D eigenvalue weighted by Crippen LogP contribution is 2.09. The summed E-state index contributed by atoms with van der Waals surface area (Å²) in [6.07, 6.45) is 2.82. The number of allylic oxidation sites excluding steroid dienone is 1. The van der Waals surface area contributed by atoms with Crippen molar-refractivity contribution in [2.75, 3.05) is 12.3 Å². The average molecular weight is 282 g/mol. The fraction of sp³-hybridized carbons (Fsp3) is 0.312. The van der Waals surface area contributed by atoms with Gasteiger partial charge in [-0.2, -0.15) is 0 Å².